The number of aromatic nitrogens is 1. The van der Waals surface area contributed by atoms with Crippen molar-refractivity contribution < 1.29 is 0 Å². The summed E-state index contributed by atoms with van der Waals surface area (Å²) in [5.74, 6) is 0. The zero-order valence-electron chi connectivity index (χ0n) is 11.8. The van der Waals surface area contributed by atoms with Crippen LogP contribution in [-0.2, 0) is 0 Å². The summed E-state index contributed by atoms with van der Waals surface area (Å²) in [6.07, 6.45) is 0. The Morgan fingerprint density at radius 3 is 3.00 bits per heavy atom. The van der Waals surface area contributed by atoms with E-state index in [1.807, 2.05) is 5.51 Å². The molecule has 1 N–H and O–H groups in total. The van der Waals surface area contributed by atoms with Crippen molar-refractivity contribution in [2.45, 2.75) is 26.8 Å². The second-order valence-corrected chi connectivity index (χ2v) is 7.21. The fraction of sp³-hybridized carbons (Fsp3) is 0.533. The van der Waals surface area contributed by atoms with Gasteiger partial charge in [-0.15, -0.1) is 11.3 Å². The molecule has 1 aliphatic rings. The summed E-state index contributed by atoms with van der Waals surface area (Å²) < 4.78 is 1.28. The lowest BCUT2D eigenvalue weighted by atomic mass is 9.85. The van der Waals surface area contributed by atoms with Crippen LogP contribution in [0.2, 0.25) is 0 Å². The molecule has 4 heteroatoms. The molecule has 0 amide bonds. The van der Waals surface area contributed by atoms with E-state index >= 15 is 0 Å². The van der Waals surface area contributed by atoms with Crippen LogP contribution in [0.25, 0.3) is 10.2 Å². The maximum absolute atomic E-state index is 4.35. The van der Waals surface area contributed by atoms with Crippen LogP contribution in [0.5, 0.6) is 0 Å². The van der Waals surface area contributed by atoms with Crippen LogP contribution in [0.15, 0.2) is 23.7 Å². The monoisotopic (exact) mass is 275 g/mol. The molecule has 1 unspecified atom stereocenters. The van der Waals surface area contributed by atoms with E-state index in [0.29, 0.717) is 11.5 Å². The van der Waals surface area contributed by atoms with Crippen LogP contribution in [0.3, 0.4) is 0 Å². The third-order valence-electron chi connectivity index (χ3n) is 3.90. The van der Waals surface area contributed by atoms with E-state index in [2.05, 4.69) is 54.2 Å². The molecule has 1 fully saturated rings. The van der Waals surface area contributed by atoms with Crippen molar-refractivity contribution in [1.82, 2.24) is 10.3 Å². The van der Waals surface area contributed by atoms with Gasteiger partial charge in [0.2, 0.25) is 0 Å². The third kappa shape index (κ3) is 2.60. The maximum Gasteiger partial charge on any atom is 0.0813 e. The van der Waals surface area contributed by atoms with E-state index in [-0.39, 0.29) is 0 Å². The normalized spacial score (nSPS) is 21.0. The van der Waals surface area contributed by atoms with Gasteiger partial charge in [0.05, 0.1) is 15.7 Å². The second kappa shape index (κ2) is 4.76. The molecule has 0 saturated carbocycles. The Hall–Kier alpha value is -1.13. The minimum atomic E-state index is 0.299. The summed E-state index contributed by atoms with van der Waals surface area (Å²) in [6.45, 7) is 10.1. The zero-order chi connectivity index (χ0) is 13.5. The number of benzene rings is 1. The van der Waals surface area contributed by atoms with E-state index in [4.69, 9.17) is 0 Å². The lowest BCUT2D eigenvalue weighted by molar-refractivity contribution is 0.254. The average Bonchev–Trinajstić information content (AvgIpc) is 2.85. The summed E-state index contributed by atoms with van der Waals surface area (Å²) in [7, 11) is 0. The molecule has 102 valence electrons. The van der Waals surface area contributed by atoms with Gasteiger partial charge >= 0.3 is 0 Å². The SMILES string of the molecule is CC(C)(C)C1CN(c2ccc3ncsc3c2)CCN1. The molecule has 0 bridgehead atoms. The number of nitrogens with one attached hydrogen (secondary N) is 1. The first-order valence-electron chi connectivity index (χ1n) is 6.85. The van der Waals surface area contributed by atoms with Crippen LogP contribution in [0, 0.1) is 5.41 Å². The molecule has 1 aromatic carbocycles. The molecule has 0 spiro atoms. The molecule has 0 radical (unpaired) electrons. The van der Waals surface area contributed by atoms with E-state index < -0.39 is 0 Å². The number of fused-ring (bicyclic) bond motifs is 1. The molecule has 1 saturated heterocycles. The maximum atomic E-state index is 4.35. The van der Waals surface area contributed by atoms with Gasteiger partial charge in [-0.1, -0.05) is 20.8 Å². The van der Waals surface area contributed by atoms with Gasteiger partial charge in [-0.3, -0.25) is 0 Å². The Bertz CT molecular complexity index is 570. The average molecular weight is 275 g/mol. The first kappa shape index (κ1) is 12.9. The summed E-state index contributed by atoms with van der Waals surface area (Å²) in [4.78, 5) is 6.84. The van der Waals surface area contributed by atoms with Crippen molar-refractivity contribution in [2.24, 2.45) is 5.41 Å². The molecule has 1 aliphatic heterocycles. The fourth-order valence-corrected chi connectivity index (χ4v) is 3.32. The smallest absolute Gasteiger partial charge is 0.0813 e. The van der Waals surface area contributed by atoms with Gasteiger partial charge < -0.3 is 10.2 Å². The summed E-state index contributed by atoms with van der Waals surface area (Å²) in [6, 6.07) is 7.15. The molecule has 3 nitrogen and oxygen atoms in total. The highest BCUT2D eigenvalue weighted by Gasteiger charge is 2.29. The van der Waals surface area contributed by atoms with Crippen molar-refractivity contribution in [3.05, 3.63) is 23.7 Å². The number of piperazine rings is 1. The van der Waals surface area contributed by atoms with Crippen LogP contribution < -0.4 is 10.2 Å². The van der Waals surface area contributed by atoms with Crippen LogP contribution in [0.1, 0.15) is 20.8 Å². The number of hydrogen-bond donors (Lipinski definition) is 1. The summed E-state index contributed by atoms with van der Waals surface area (Å²) in [5.41, 5.74) is 4.65. The first-order chi connectivity index (χ1) is 9.04. The van der Waals surface area contributed by atoms with Crippen molar-refractivity contribution >= 4 is 27.2 Å². The van der Waals surface area contributed by atoms with Crippen LogP contribution >= 0.6 is 11.3 Å². The Kier molecular flexibility index (Phi) is 3.23. The van der Waals surface area contributed by atoms with Gasteiger partial charge in [-0.2, -0.15) is 0 Å². The molecule has 3 rings (SSSR count). The molecular formula is C15H21N3S. The predicted octanol–water partition coefficient (Wildman–Crippen LogP) is 3.12. The molecular weight excluding hydrogens is 254 g/mol. The molecule has 0 aliphatic carbocycles. The Morgan fingerprint density at radius 2 is 2.21 bits per heavy atom. The molecule has 2 aromatic rings. The zero-order valence-corrected chi connectivity index (χ0v) is 12.6. The number of anilines is 1. The number of thiazole rings is 1. The van der Waals surface area contributed by atoms with Crippen molar-refractivity contribution in [3.8, 4) is 0 Å². The van der Waals surface area contributed by atoms with E-state index in [9.17, 15) is 0 Å². The molecule has 1 atom stereocenters. The number of rotatable bonds is 1. The molecule has 2 heterocycles. The van der Waals surface area contributed by atoms with E-state index in [0.717, 1.165) is 25.2 Å². The summed E-state index contributed by atoms with van der Waals surface area (Å²) in [5, 5.41) is 3.64. The minimum absolute atomic E-state index is 0.299. The van der Waals surface area contributed by atoms with Gasteiger partial charge in [0.1, 0.15) is 0 Å². The topological polar surface area (TPSA) is 28.2 Å². The van der Waals surface area contributed by atoms with Crippen molar-refractivity contribution in [1.29, 1.82) is 0 Å². The van der Waals surface area contributed by atoms with Crippen molar-refractivity contribution in [2.75, 3.05) is 24.5 Å². The van der Waals surface area contributed by atoms with E-state index in [1.165, 1.54) is 10.4 Å². The van der Waals surface area contributed by atoms with Gasteiger partial charge in [-0.05, 0) is 23.6 Å². The fourth-order valence-electron chi connectivity index (χ4n) is 2.60. The Morgan fingerprint density at radius 1 is 1.37 bits per heavy atom. The molecule has 19 heavy (non-hydrogen) atoms. The van der Waals surface area contributed by atoms with Gasteiger partial charge in [0.25, 0.3) is 0 Å². The minimum Gasteiger partial charge on any atom is -0.369 e. The van der Waals surface area contributed by atoms with Gasteiger partial charge in [0.15, 0.2) is 0 Å². The van der Waals surface area contributed by atoms with E-state index in [1.54, 1.807) is 11.3 Å². The Balaban J connectivity index is 1.84. The number of nitrogens with zero attached hydrogens (tertiary/aromatic N) is 2. The van der Waals surface area contributed by atoms with Gasteiger partial charge in [0, 0.05) is 31.4 Å². The first-order valence-corrected chi connectivity index (χ1v) is 7.73. The van der Waals surface area contributed by atoms with Crippen LogP contribution in [0.4, 0.5) is 5.69 Å². The largest absolute Gasteiger partial charge is 0.369 e. The van der Waals surface area contributed by atoms with Gasteiger partial charge in [-0.25, -0.2) is 4.98 Å². The Labute approximate surface area is 118 Å². The standard InChI is InChI=1S/C15H21N3S/c1-15(2,3)14-9-18(7-6-16-14)11-4-5-12-13(8-11)19-10-17-12/h4-5,8,10,14,16H,6-7,9H2,1-3H3. The quantitative estimate of drug-likeness (QED) is 0.866. The highest BCUT2D eigenvalue weighted by Crippen LogP contribution is 2.28. The van der Waals surface area contributed by atoms with Crippen LogP contribution in [-0.4, -0.2) is 30.7 Å². The predicted molar refractivity (Wildman–Crippen MR) is 83.1 cm³/mol. The number of hydrogen-bond acceptors (Lipinski definition) is 4. The molecule has 1 aromatic heterocycles. The lowest BCUT2D eigenvalue weighted by Crippen LogP contribution is -2.56. The lowest BCUT2D eigenvalue weighted by Gasteiger charge is -2.41. The van der Waals surface area contributed by atoms with Crippen molar-refractivity contribution in [3.63, 3.8) is 0 Å². The highest BCUT2D eigenvalue weighted by molar-refractivity contribution is 7.16. The third-order valence-corrected chi connectivity index (χ3v) is 4.69. The second-order valence-electron chi connectivity index (χ2n) is 6.32. The summed E-state index contributed by atoms with van der Waals surface area (Å²) >= 11 is 1.72. The highest BCUT2D eigenvalue weighted by atomic mass is 32.1.